The van der Waals surface area contributed by atoms with Crippen LogP contribution in [0.3, 0.4) is 0 Å². The van der Waals surface area contributed by atoms with Crippen LogP contribution in [0.5, 0.6) is 0 Å². The summed E-state index contributed by atoms with van der Waals surface area (Å²) in [6.07, 6.45) is 4.74. The van der Waals surface area contributed by atoms with Crippen LogP contribution in [0.1, 0.15) is 32.6 Å². The minimum absolute atomic E-state index is 0.119. The van der Waals surface area contributed by atoms with Crippen LogP contribution in [0.25, 0.3) is 0 Å². The van der Waals surface area contributed by atoms with E-state index in [0.717, 1.165) is 26.0 Å². The Hall–Kier alpha value is -0.380. The van der Waals surface area contributed by atoms with Gasteiger partial charge < -0.3 is 10.5 Å². The summed E-state index contributed by atoms with van der Waals surface area (Å²) in [6, 6.07) is 0.784. The van der Waals surface area contributed by atoms with E-state index in [1.807, 2.05) is 0 Å². The fourth-order valence-corrected chi connectivity index (χ4v) is 2.71. The van der Waals surface area contributed by atoms with Crippen LogP contribution in [0, 0.1) is 0 Å². The molecule has 3 nitrogen and oxygen atoms in total. The molecule has 3 heteroatoms. The van der Waals surface area contributed by atoms with Gasteiger partial charge >= 0.3 is 0 Å². The molecule has 0 aromatic rings. The fourth-order valence-electron chi connectivity index (χ4n) is 2.71. The minimum Gasteiger partial charge on any atom is -0.374 e. The molecule has 2 rings (SSSR count). The number of nitrogens with two attached hydrogens (primary N) is 1. The third-order valence-corrected chi connectivity index (χ3v) is 3.92. The van der Waals surface area contributed by atoms with Gasteiger partial charge in [-0.3, -0.25) is 4.90 Å². The van der Waals surface area contributed by atoms with Crippen molar-refractivity contribution in [2.75, 3.05) is 19.7 Å². The highest BCUT2D eigenvalue weighted by atomic mass is 16.5. The van der Waals surface area contributed by atoms with Crippen LogP contribution in [-0.2, 0) is 4.74 Å². The molecule has 2 aliphatic heterocycles. The molecule has 2 fully saturated rings. The Bertz CT molecular complexity index is 254. The van der Waals surface area contributed by atoms with E-state index in [1.54, 1.807) is 0 Å². The lowest BCUT2D eigenvalue weighted by Gasteiger charge is -2.37. The Kier molecular flexibility index (Phi) is 4.00. The van der Waals surface area contributed by atoms with Gasteiger partial charge in [0.15, 0.2) is 0 Å². The molecule has 3 unspecified atom stereocenters. The number of ether oxygens (including phenoxy) is 1. The second-order valence-corrected chi connectivity index (χ2v) is 5.13. The molecule has 16 heavy (non-hydrogen) atoms. The lowest BCUT2D eigenvalue weighted by Crippen LogP contribution is -2.52. The zero-order chi connectivity index (χ0) is 11.5. The number of hydrogen-bond donors (Lipinski definition) is 1. The summed E-state index contributed by atoms with van der Waals surface area (Å²) >= 11 is 0. The van der Waals surface area contributed by atoms with Gasteiger partial charge in [0.25, 0.3) is 0 Å². The van der Waals surface area contributed by atoms with Gasteiger partial charge in [0.1, 0.15) is 0 Å². The Balaban J connectivity index is 1.83. The van der Waals surface area contributed by atoms with Crippen molar-refractivity contribution in [3.05, 3.63) is 12.2 Å². The molecule has 92 valence electrons. The lowest BCUT2D eigenvalue weighted by molar-refractivity contribution is -0.0589. The Morgan fingerprint density at radius 3 is 3.19 bits per heavy atom. The van der Waals surface area contributed by atoms with Crippen molar-refractivity contribution in [1.82, 2.24) is 4.90 Å². The van der Waals surface area contributed by atoms with Gasteiger partial charge in [-0.15, -0.1) is 0 Å². The average Bonchev–Trinajstić information content (AvgIpc) is 2.75. The predicted molar refractivity (Wildman–Crippen MR) is 66.4 cm³/mol. The normalized spacial score (nSPS) is 32.4. The molecule has 2 N–H and O–H groups in total. The van der Waals surface area contributed by atoms with Crippen molar-refractivity contribution in [3.8, 4) is 0 Å². The molecule has 0 radical (unpaired) electrons. The number of morpholine rings is 1. The van der Waals surface area contributed by atoms with Crippen LogP contribution in [-0.4, -0.2) is 42.8 Å². The molecule has 0 aliphatic carbocycles. The first-order chi connectivity index (χ1) is 7.70. The molecule has 0 saturated carbocycles. The molecule has 2 saturated heterocycles. The molecule has 3 atom stereocenters. The zero-order valence-electron chi connectivity index (χ0n) is 10.3. The van der Waals surface area contributed by atoms with Crippen molar-refractivity contribution in [1.29, 1.82) is 0 Å². The molecule has 2 heterocycles. The van der Waals surface area contributed by atoms with Crippen molar-refractivity contribution < 1.29 is 4.74 Å². The van der Waals surface area contributed by atoms with Crippen LogP contribution in [0.15, 0.2) is 12.2 Å². The van der Waals surface area contributed by atoms with E-state index in [-0.39, 0.29) is 12.1 Å². The van der Waals surface area contributed by atoms with Crippen molar-refractivity contribution in [2.45, 2.75) is 50.8 Å². The SMILES string of the molecule is C=C(CC)CC(N)C1CN2CCCC2CO1. The molecule has 2 aliphatic rings. The molecule has 0 aromatic carbocycles. The highest BCUT2D eigenvalue weighted by Crippen LogP contribution is 2.24. The maximum atomic E-state index is 6.20. The second-order valence-electron chi connectivity index (χ2n) is 5.13. The van der Waals surface area contributed by atoms with Gasteiger partial charge in [0.05, 0.1) is 12.7 Å². The molecule has 0 spiro atoms. The minimum atomic E-state index is 0.119. The number of rotatable bonds is 4. The van der Waals surface area contributed by atoms with Gasteiger partial charge in [-0.25, -0.2) is 0 Å². The number of hydrogen-bond acceptors (Lipinski definition) is 3. The summed E-state index contributed by atoms with van der Waals surface area (Å²) in [7, 11) is 0. The summed E-state index contributed by atoms with van der Waals surface area (Å²) in [4.78, 5) is 2.54. The summed E-state index contributed by atoms with van der Waals surface area (Å²) in [5.74, 6) is 0. The third-order valence-electron chi connectivity index (χ3n) is 3.92. The van der Waals surface area contributed by atoms with E-state index < -0.39 is 0 Å². The van der Waals surface area contributed by atoms with Gasteiger partial charge in [0.2, 0.25) is 0 Å². The van der Waals surface area contributed by atoms with E-state index in [4.69, 9.17) is 10.5 Å². The summed E-state index contributed by atoms with van der Waals surface area (Å²) in [5, 5.41) is 0. The largest absolute Gasteiger partial charge is 0.374 e. The monoisotopic (exact) mass is 224 g/mol. The van der Waals surface area contributed by atoms with E-state index in [9.17, 15) is 0 Å². The molecule has 0 aromatic heterocycles. The van der Waals surface area contributed by atoms with E-state index in [2.05, 4.69) is 18.4 Å². The Morgan fingerprint density at radius 2 is 2.44 bits per heavy atom. The van der Waals surface area contributed by atoms with Crippen LogP contribution in [0.4, 0.5) is 0 Å². The van der Waals surface area contributed by atoms with Crippen molar-refractivity contribution >= 4 is 0 Å². The first-order valence-corrected chi connectivity index (χ1v) is 6.48. The highest BCUT2D eigenvalue weighted by Gasteiger charge is 2.34. The number of nitrogens with zero attached hydrogens (tertiary/aromatic N) is 1. The standard InChI is InChI=1S/C13H24N2O/c1-3-10(2)7-12(14)13-8-15-6-4-5-11(15)9-16-13/h11-13H,2-9,14H2,1H3. The smallest absolute Gasteiger partial charge is 0.0856 e. The average molecular weight is 224 g/mol. The van der Waals surface area contributed by atoms with Crippen LogP contribution < -0.4 is 5.73 Å². The molecule has 0 amide bonds. The first kappa shape index (κ1) is 12.1. The summed E-state index contributed by atoms with van der Waals surface area (Å²) in [6.45, 7) is 9.27. The topological polar surface area (TPSA) is 38.5 Å². The fraction of sp³-hybridized carbons (Fsp3) is 0.846. The van der Waals surface area contributed by atoms with E-state index in [1.165, 1.54) is 25.0 Å². The Morgan fingerprint density at radius 1 is 1.62 bits per heavy atom. The Labute approximate surface area is 98.6 Å². The van der Waals surface area contributed by atoms with E-state index in [0.29, 0.717) is 6.04 Å². The third kappa shape index (κ3) is 2.65. The highest BCUT2D eigenvalue weighted by molar-refractivity contribution is 4.99. The maximum absolute atomic E-state index is 6.20. The summed E-state index contributed by atoms with van der Waals surface area (Å²) in [5.41, 5.74) is 7.43. The van der Waals surface area contributed by atoms with Gasteiger partial charge in [0, 0.05) is 18.6 Å². The van der Waals surface area contributed by atoms with Crippen molar-refractivity contribution in [3.63, 3.8) is 0 Å². The molecule has 0 bridgehead atoms. The van der Waals surface area contributed by atoms with Gasteiger partial charge in [-0.2, -0.15) is 0 Å². The number of fused-ring (bicyclic) bond motifs is 1. The van der Waals surface area contributed by atoms with Crippen LogP contribution >= 0.6 is 0 Å². The first-order valence-electron chi connectivity index (χ1n) is 6.48. The van der Waals surface area contributed by atoms with E-state index >= 15 is 0 Å². The van der Waals surface area contributed by atoms with Gasteiger partial charge in [-0.05, 0) is 32.2 Å². The molecular weight excluding hydrogens is 200 g/mol. The van der Waals surface area contributed by atoms with Crippen molar-refractivity contribution in [2.24, 2.45) is 5.73 Å². The zero-order valence-corrected chi connectivity index (χ0v) is 10.3. The second kappa shape index (κ2) is 5.30. The van der Waals surface area contributed by atoms with Gasteiger partial charge in [-0.1, -0.05) is 19.1 Å². The predicted octanol–water partition coefficient (Wildman–Crippen LogP) is 1.53. The lowest BCUT2D eigenvalue weighted by atomic mass is 10.00. The quantitative estimate of drug-likeness (QED) is 0.736. The maximum Gasteiger partial charge on any atom is 0.0856 e. The summed E-state index contributed by atoms with van der Waals surface area (Å²) < 4.78 is 5.89. The van der Waals surface area contributed by atoms with Crippen LogP contribution in [0.2, 0.25) is 0 Å². The molecular formula is C13H24N2O.